The molecule has 2 heterocycles. The maximum Gasteiger partial charge on any atom is 0.138 e. The first-order valence-corrected chi connectivity index (χ1v) is 3.25. The van der Waals surface area contributed by atoms with Crippen molar-refractivity contribution in [1.82, 2.24) is 9.38 Å². The van der Waals surface area contributed by atoms with E-state index in [2.05, 4.69) is 4.98 Å². The Kier molecular flexibility index (Phi) is 1.03. The lowest BCUT2D eigenvalue weighted by molar-refractivity contribution is 1.15. The summed E-state index contributed by atoms with van der Waals surface area (Å²) >= 11 is 0. The van der Waals surface area contributed by atoms with E-state index in [4.69, 9.17) is 11.5 Å². The van der Waals surface area contributed by atoms with Gasteiger partial charge in [-0.1, -0.05) is 0 Å². The number of aromatic nitrogens is 2. The Morgan fingerprint density at radius 3 is 2.91 bits per heavy atom. The van der Waals surface area contributed by atoms with E-state index in [0.29, 0.717) is 11.5 Å². The second-order valence-electron chi connectivity index (χ2n) is 2.37. The van der Waals surface area contributed by atoms with Crippen molar-refractivity contribution < 1.29 is 0 Å². The highest BCUT2D eigenvalue weighted by atomic mass is 15.0. The summed E-state index contributed by atoms with van der Waals surface area (Å²) in [4.78, 5) is 4.06. The van der Waals surface area contributed by atoms with Crippen LogP contribution in [0.5, 0.6) is 0 Å². The van der Waals surface area contributed by atoms with Crippen molar-refractivity contribution in [2.75, 3.05) is 11.5 Å². The Labute approximate surface area is 63.4 Å². The highest BCUT2D eigenvalue weighted by Crippen LogP contribution is 2.10. The summed E-state index contributed by atoms with van der Waals surface area (Å²) in [6, 6.07) is 3.64. The monoisotopic (exact) mass is 148 g/mol. The lowest BCUT2D eigenvalue weighted by Crippen LogP contribution is -1.96. The smallest absolute Gasteiger partial charge is 0.138 e. The first kappa shape index (κ1) is 6.03. The molecule has 0 saturated carbocycles. The summed E-state index contributed by atoms with van der Waals surface area (Å²) in [5.74, 6) is 0.653. The quantitative estimate of drug-likeness (QED) is 0.571. The first-order valence-electron chi connectivity index (χ1n) is 3.25. The SMILES string of the molecule is Nc1cnc2ccc(N)n2c1. The molecular formula is C7H8N4. The van der Waals surface area contributed by atoms with Gasteiger partial charge in [0, 0.05) is 6.20 Å². The fourth-order valence-electron chi connectivity index (χ4n) is 1.02. The summed E-state index contributed by atoms with van der Waals surface area (Å²) in [6.07, 6.45) is 3.35. The normalized spacial score (nSPS) is 10.5. The Balaban J connectivity index is 2.87. The fraction of sp³-hybridized carbons (Fsp3) is 0. The largest absolute Gasteiger partial charge is 0.396 e. The van der Waals surface area contributed by atoms with E-state index in [-0.39, 0.29) is 0 Å². The molecule has 0 bridgehead atoms. The zero-order valence-corrected chi connectivity index (χ0v) is 5.86. The topological polar surface area (TPSA) is 69.3 Å². The van der Waals surface area contributed by atoms with Crippen molar-refractivity contribution in [2.24, 2.45) is 0 Å². The number of nitrogen functional groups attached to an aromatic ring is 2. The molecule has 0 saturated heterocycles. The van der Waals surface area contributed by atoms with Crippen LogP contribution in [-0.4, -0.2) is 9.38 Å². The number of hydrogen-bond acceptors (Lipinski definition) is 3. The van der Waals surface area contributed by atoms with Crippen molar-refractivity contribution in [2.45, 2.75) is 0 Å². The van der Waals surface area contributed by atoms with Crippen LogP contribution in [0.15, 0.2) is 24.5 Å². The van der Waals surface area contributed by atoms with Gasteiger partial charge in [0.15, 0.2) is 0 Å². The van der Waals surface area contributed by atoms with Gasteiger partial charge in [0.1, 0.15) is 11.5 Å². The molecule has 0 unspecified atom stereocenters. The van der Waals surface area contributed by atoms with Crippen LogP contribution >= 0.6 is 0 Å². The molecule has 4 nitrogen and oxygen atoms in total. The van der Waals surface area contributed by atoms with Crippen LogP contribution in [-0.2, 0) is 0 Å². The van der Waals surface area contributed by atoms with Gasteiger partial charge in [0.05, 0.1) is 11.9 Å². The van der Waals surface area contributed by atoms with Crippen LogP contribution in [0.4, 0.5) is 11.5 Å². The molecule has 4 N–H and O–H groups in total. The zero-order chi connectivity index (χ0) is 7.84. The standard InChI is InChI=1S/C7H8N4/c8-5-3-10-7-2-1-6(9)11(7)4-5/h1-4H,8-9H2. The number of fused-ring (bicyclic) bond motifs is 1. The molecule has 4 heteroatoms. The molecule has 0 aromatic carbocycles. The number of rotatable bonds is 0. The van der Waals surface area contributed by atoms with Gasteiger partial charge in [-0.25, -0.2) is 4.98 Å². The average molecular weight is 148 g/mol. The van der Waals surface area contributed by atoms with Crippen LogP contribution in [0.1, 0.15) is 0 Å². The maximum atomic E-state index is 5.61. The van der Waals surface area contributed by atoms with Crippen LogP contribution in [0.3, 0.4) is 0 Å². The lowest BCUT2D eigenvalue weighted by Gasteiger charge is -1.97. The van der Waals surface area contributed by atoms with E-state index < -0.39 is 0 Å². The Morgan fingerprint density at radius 2 is 2.09 bits per heavy atom. The van der Waals surface area contributed by atoms with Crippen molar-refractivity contribution >= 4 is 17.2 Å². The van der Waals surface area contributed by atoms with Crippen LogP contribution in [0.2, 0.25) is 0 Å². The van der Waals surface area contributed by atoms with E-state index in [9.17, 15) is 0 Å². The van der Waals surface area contributed by atoms with E-state index in [1.54, 1.807) is 22.9 Å². The van der Waals surface area contributed by atoms with Gasteiger partial charge < -0.3 is 11.5 Å². The molecule has 2 aromatic heterocycles. The summed E-state index contributed by atoms with van der Waals surface area (Å²) in [5, 5.41) is 0. The van der Waals surface area contributed by atoms with Crippen LogP contribution in [0, 0.1) is 0 Å². The van der Waals surface area contributed by atoms with Gasteiger partial charge in [0.25, 0.3) is 0 Å². The fourth-order valence-corrected chi connectivity index (χ4v) is 1.02. The third kappa shape index (κ3) is 0.797. The molecule has 0 atom stereocenters. The van der Waals surface area contributed by atoms with Gasteiger partial charge in [-0.15, -0.1) is 0 Å². The predicted molar refractivity (Wildman–Crippen MR) is 44.0 cm³/mol. The maximum absolute atomic E-state index is 5.61. The minimum absolute atomic E-state index is 0.611. The highest BCUT2D eigenvalue weighted by molar-refractivity contribution is 5.53. The van der Waals surface area contributed by atoms with Gasteiger partial charge in [-0.05, 0) is 12.1 Å². The van der Waals surface area contributed by atoms with Crippen molar-refractivity contribution in [3.05, 3.63) is 24.5 Å². The predicted octanol–water partition coefficient (Wildman–Crippen LogP) is 0.499. The molecule has 0 fully saturated rings. The zero-order valence-electron chi connectivity index (χ0n) is 5.86. The summed E-state index contributed by atoms with van der Waals surface area (Å²) in [6.45, 7) is 0. The van der Waals surface area contributed by atoms with E-state index in [0.717, 1.165) is 5.65 Å². The van der Waals surface area contributed by atoms with Gasteiger partial charge in [-0.3, -0.25) is 4.40 Å². The third-order valence-electron chi connectivity index (χ3n) is 1.55. The third-order valence-corrected chi connectivity index (χ3v) is 1.55. The summed E-state index contributed by atoms with van der Waals surface area (Å²) in [5.41, 5.74) is 12.6. The molecule has 0 aliphatic rings. The second kappa shape index (κ2) is 1.88. The van der Waals surface area contributed by atoms with E-state index in [1.807, 2.05) is 6.07 Å². The van der Waals surface area contributed by atoms with Gasteiger partial charge in [-0.2, -0.15) is 0 Å². The molecule has 0 radical (unpaired) electrons. The first-order chi connectivity index (χ1) is 5.27. The molecular weight excluding hydrogens is 140 g/mol. The number of nitrogens with zero attached hydrogens (tertiary/aromatic N) is 2. The van der Waals surface area contributed by atoms with Crippen molar-refractivity contribution in [3.63, 3.8) is 0 Å². The van der Waals surface area contributed by atoms with Gasteiger partial charge in [0.2, 0.25) is 0 Å². The number of nitrogens with two attached hydrogens (primary N) is 2. The highest BCUT2D eigenvalue weighted by Gasteiger charge is 1.96. The summed E-state index contributed by atoms with van der Waals surface area (Å²) < 4.78 is 1.75. The van der Waals surface area contributed by atoms with Crippen LogP contribution in [0.25, 0.3) is 5.65 Å². The molecule has 0 spiro atoms. The number of anilines is 2. The van der Waals surface area contributed by atoms with Gasteiger partial charge >= 0.3 is 0 Å². The van der Waals surface area contributed by atoms with E-state index in [1.165, 1.54) is 0 Å². The number of hydrogen-bond donors (Lipinski definition) is 2. The lowest BCUT2D eigenvalue weighted by atomic mass is 10.5. The van der Waals surface area contributed by atoms with Crippen molar-refractivity contribution in [3.8, 4) is 0 Å². The molecule has 0 amide bonds. The Morgan fingerprint density at radius 1 is 1.27 bits per heavy atom. The molecule has 2 rings (SSSR count). The second-order valence-corrected chi connectivity index (χ2v) is 2.37. The average Bonchev–Trinajstić information content (AvgIpc) is 2.33. The Hall–Kier alpha value is -1.71. The van der Waals surface area contributed by atoms with Crippen LogP contribution < -0.4 is 11.5 Å². The van der Waals surface area contributed by atoms with E-state index >= 15 is 0 Å². The summed E-state index contributed by atoms with van der Waals surface area (Å²) in [7, 11) is 0. The minimum atomic E-state index is 0.611. The molecule has 0 aliphatic heterocycles. The molecule has 56 valence electrons. The molecule has 2 aromatic rings. The molecule has 0 aliphatic carbocycles. The Bertz CT molecular complexity index is 390. The van der Waals surface area contributed by atoms with Crippen molar-refractivity contribution in [1.29, 1.82) is 0 Å². The molecule has 11 heavy (non-hydrogen) atoms. The minimum Gasteiger partial charge on any atom is -0.396 e.